The predicted octanol–water partition coefficient (Wildman–Crippen LogP) is 3.29. The van der Waals surface area contributed by atoms with E-state index in [0.717, 1.165) is 28.0 Å². The smallest absolute Gasteiger partial charge is 0.262 e. The third-order valence-corrected chi connectivity index (χ3v) is 5.01. The monoisotopic (exact) mass is 315 g/mol. The van der Waals surface area contributed by atoms with Gasteiger partial charge in [0.2, 0.25) is 0 Å². The number of rotatable bonds is 3. The highest BCUT2D eigenvalue weighted by atomic mass is 32.2. The van der Waals surface area contributed by atoms with E-state index in [-0.39, 0.29) is 0 Å². The fourth-order valence-electron chi connectivity index (χ4n) is 2.41. The number of hydrogen-bond acceptors (Lipinski definition) is 3. The summed E-state index contributed by atoms with van der Waals surface area (Å²) in [5, 5.41) is 0. The fraction of sp³-hybridized carbons (Fsp3) is 0.188. The highest BCUT2D eigenvalue weighted by Crippen LogP contribution is 2.23. The summed E-state index contributed by atoms with van der Waals surface area (Å²) in [6.45, 7) is 5.52. The Morgan fingerprint density at radius 3 is 2.59 bits per heavy atom. The lowest BCUT2D eigenvalue weighted by Crippen LogP contribution is -2.14. The van der Waals surface area contributed by atoms with Crippen LogP contribution < -0.4 is 4.72 Å². The molecule has 0 aliphatic rings. The van der Waals surface area contributed by atoms with Crippen LogP contribution in [0.2, 0.25) is 0 Å². The maximum atomic E-state index is 12.6. The van der Waals surface area contributed by atoms with Crippen LogP contribution in [-0.4, -0.2) is 18.4 Å². The van der Waals surface area contributed by atoms with Crippen LogP contribution in [0.5, 0.6) is 0 Å². The van der Waals surface area contributed by atoms with Gasteiger partial charge in [0.25, 0.3) is 10.0 Å². The van der Waals surface area contributed by atoms with Crippen molar-refractivity contribution >= 4 is 26.7 Å². The van der Waals surface area contributed by atoms with Gasteiger partial charge in [-0.1, -0.05) is 12.1 Å². The molecule has 114 valence electrons. The second-order valence-electron chi connectivity index (χ2n) is 5.43. The van der Waals surface area contributed by atoms with E-state index < -0.39 is 10.0 Å². The minimum Gasteiger partial charge on any atom is -0.342 e. The second kappa shape index (κ2) is 5.14. The fourth-order valence-corrected chi connectivity index (χ4v) is 3.79. The zero-order valence-electron chi connectivity index (χ0n) is 12.6. The van der Waals surface area contributed by atoms with E-state index in [1.807, 2.05) is 26.0 Å². The number of aromatic nitrogens is 2. The largest absolute Gasteiger partial charge is 0.342 e. The van der Waals surface area contributed by atoms with Gasteiger partial charge in [0.05, 0.1) is 21.6 Å². The lowest BCUT2D eigenvalue weighted by molar-refractivity contribution is 0.600. The third kappa shape index (κ3) is 2.69. The first-order valence-corrected chi connectivity index (χ1v) is 8.40. The molecular formula is C16H17N3O2S. The number of aryl methyl sites for hydroxylation is 3. The van der Waals surface area contributed by atoms with Gasteiger partial charge in [-0.15, -0.1) is 0 Å². The molecule has 0 amide bonds. The summed E-state index contributed by atoms with van der Waals surface area (Å²) >= 11 is 0. The zero-order chi connectivity index (χ0) is 15.9. The van der Waals surface area contributed by atoms with Crippen molar-refractivity contribution < 1.29 is 8.42 Å². The topological polar surface area (TPSA) is 74.8 Å². The zero-order valence-corrected chi connectivity index (χ0v) is 13.5. The normalized spacial score (nSPS) is 11.8. The van der Waals surface area contributed by atoms with E-state index in [2.05, 4.69) is 14.7 Å². The van der Waals surface area contributed by atoms with Gasteiger partial charge < -0.3 is 4.98 Å². The Morgan fingerprint density at radius 1 is 1.05 bits per heavy atom. The van der Waals surface area contributed by atoms with Crippen LogP contribution in [0, 0.1) is 20.8 Å². The maximum absolute atomic E-state index is 12.6. The molecular weight excluding hydrogens is 298 g/mol. The van der Waals surface area contributed by atoms with Crippen molar-refractivity contribution in [1.29, 1.82) is 0 Å². The van der Waals surface area contributed by atoms with Crippen molar-refractivity contribution in [2.75, 3.05) is 4.72 Å². The van der Waals surface area contributed by atoms with Crippen molar-refractivity contribution in [2.24, 2.45) is 0 Å². The Labute approximate surface area is 129 Å². The lowest BCUT2D eigenvalue weighted by atomic mass is 10.2. The molecule has 0 atom stereocenters. The first-order valence-electron chi connectivity index (χ1n) is 6.91. The van der Waals surface area contributed by atoms with E-state index >= 15 is 0 Å². The first-order chi connectivity index (χ1) is 10.3. The molecule has 6 heteroatoms. The highest BCUT2D eigenvalue weighted by molar-refractivity contribution is 7.92. The molecule has 1 heterocycles. The van der Waals surface area contributed by atoms with Crippen LogP contribution in [0.4, 0.5) is 5.69 Å². The number of benzene rings is 2. The first kappa shape index (κ1) is 14.6. The quantitative estimate of drug-likeness (QED) is 0.779. The van der Waals surface area contributed by atoms with Gasteiger partial charge in [0.15, 0.2) is 0 Å². The van der Waals surface area contributed by atoms with Crippen molar-refractivity contribution in [3.63, 3.8) is 0 Å². The number of sulfonamides is 1. The molecule has 22 heavy (non-hydrogen) atoms. The van der Waals surface area contributed by atoms with Crippen LogP contribution in [0.15, 0.2) is 41.3 Å². The summed E-state index contributed by atoms with van der Waals surface area (Å²) in [5.41, 5.74) is 3.75. The number of hydrogen-bond donors (Lipinski definition) is 2. The SMILES string of the molecule is Cc1ccc(C)c(S(=O)(=O)Nc2ccc3nc(C)[nH]c3c2)c1. The maximum Gasteiger partial charge on any atom is 0.262 e. The second-order valence-corrected chi connectivity index (χ2v) is 7.08. The van der Waals surface area contributed by atoms with E-state index in [1.165, 1.54) is 0 Å². The van der Waals surface area contributed by atoms with Gasteiger partial charge >= 0.3 is 0 Å². The van der Waals surface area contributed by atoms with Gasteiger partial charge in [0.1, 0.15) is 5.82 Å². The highest BCUT2D eigenvalue weighted by Gasteiger charge is 2.17. The predicted molar refractivity (Wildman–Crippen MR) is 87.6 cm³/mol. The van der Waals surface area contributed by atoms with Crippen LogP contribution in [0.25, 0.3) is 11.0 Å². The summed E-state index contributed by atoms with van der Waals surface area (Å²) in [6, 6.07) is 10.6. The van der Waals surface area contributed by atoms with Crippen molar-refractivity contribution in [3.05, 3.63) is 53.3 Å². The summed E-state index contributed by atoms with van der Waals surface area (Å²) in [7, 11) is -3.61. The van der Waals surface area contributed by atoms with Gasteiger partial charge in [-0.05, 0) is 56.2 Å². The molecule has 0 aliphatic heterocycles. The minimum absolute atomic E-state index is 0.299. The lowest BCUT2D eigenvalue weighted by Gasteiger charge is -2.11. The van der Waals surface area contributed by atoms with E-state index in [4.69, 9.17) is 0 Å². The summed E-state index contributed by atoms with van der Waals surface area (Å²) in [4.78, 5) is 7.70. The molecule has 0 radical (unpaired) electrons. The molecule has 2 aromatic carbocycles. The average Bonchev–Trinajstić information content (AvgIpc) is 2.80. The number of nitrogens with zero attached hydrogens (tertiary/aromatic N) is 1. The molecule has 0 saturated heterocycles. The number of anilines is 1. The standard InChI is InChI=1S/C16H17N3O2S/c1-10-4-5-11(2)16(8-10)22(20,21)19-13-6-7-14-15(9-13)18-12(3)17-14/h4-9,19H,1-3H3,(H,17,18). The Kier molecular flexibility index (Phi) is 3.41. The van der Waals surface area contributed by atoms with Crippen molar-refractivity contribution in [2.45, 2.75) is 25.7 Å². The van der Waals surface area contributed by atoms with Crippen LogP contribution in [-0.2, 0) is 10.0 Å². The van der Waals surface area contributed by atoms with Gasteiger partial charge in [-0.25, -0.2) is 13.4 Å². The number of imidazole rings is 1. The van der Waals surface area contributed by atoms with Crippen LogP contribution in [0.1, 0.15) is 17.0 Å². The van der Waals surface area contributed by atoms with E-state index in [0.29, 0.717) is 10.6 Å². The van der Waals surface area contributed by atoms with Crippen molar-refractivity contribution in [3.8, 4) is 0 Å². The average molecular weight is 315 g/mol. The number of nitrogens with one attached hydrogen (secondary N) is 2. The summed E-state index contributed by atoms with van der Waals surface area (Å²) < 4.78 is 27.8. The van der Waals surface area contributed by atoms with E-state index in [9.17, 15) is 8.42 Å². The number of aromatic amines is 1. The molecule has 3 aromatic rings. The van der Waals surface area contributed by atoms with Crippen LogP contribution in [0.3, 0.4) is 0 Å². The van der Waals surface area contributed by atoms with Gasteiger partial charge in [-0.3, -0.25) is 4.72 Å². The number of H-pyrrole nitrogens is 1. The molecule has 0 bridgehead atoms. The molecule has 0 unspecified atom stereocenters. The molecule has 1 aromatic heterocycles. The Bertz CT molecular complexity index is 959. The summed E-state index contributed by atoms with van der Waals surface area (Å²) in [6.07, 6.45) is 0. The molecule has 0 aliphatic carbocycles. The van der Waals surface area contributed by atoms with Gasteiger partial charge in [-0.2, -0.15) is 0 Å². The Hall–Kier alpha value is -2.34. The molecule has 3 rings (SSSR count). The minimum atomic E-state index is -3.61. The van der Waals surface area contributed by atoms with E-state index in [1.54, 1.807) is 31.2 Å². The third-order valence-electron chi connectivity index (χ3n) is 3.49. The molecule has 0 saturated carbocycles. The Balaban J connectivity index is 2.00. The molecule has 0 fully saturated rings. The van der Waals surface area contributed by atoms with Gasteiger partial charge in [0, 0.05) is 0 Å². The Morgan fingerprint density at radius 2 is 1.82 bits per heavy atom. The summed E-state index contributed by atoms with van der Waals surface area (Å²) in [5.74, 6) is 0.796. The number of fused-ring (bicyclic) bond motifs is 1. The molecule has 0 spiro atoms. The van der Waals surface area contributed by atoms with Crippen molar-refractivity contribution in [1.82, 2.24) is 9.97 Å². The molecule has 5 nitrogen and oxygen atoms in total. The molecule has 2 N–H and O–H groups in total. The van der Waals surface area contributed by atoms with Crippen LogP contribution >= 0.6 is 0 Å².